The van der Waals surface area contributed by atoms with Gasteiger partial charge in [-0.3, -0.25) is 19.3 Å². The highest BCUT2D eigenvalue weighted by atomic mass is 127. The fourth-order valence-electron chi connectivity index (χ4n) is 3.20. The minimum atomic E-state index is -0.479. The molecule has 1 aliphatic heterocycles. The standard InChI is InChI=1S/C25H17I3N2O4S/c26-17-6-8-18(9-7-17)29-22(31)13-30-24(32)21(35-25(30)33)12-16-10-19(27)23(20(28)11-16)34-14-15-4-2-1-3-5-15/h1-12H,13-14H2,(H,29,31)/b21-12+. The summed E-state index contributed by atoms with van der Waals surface area (Å²) in [4.78, 5) is 38.9. The molecule has 35 heavy (non-hydrogen) atoms. The van der Waals surface area contributed by atoms with E-state index in [9.17, 15) is 14.4 Å². The van der Waals surface area contributed by atoms with Crippen LogP contribution < -0.4 is 10.1 Å². The molecule has 0 aromatic heterocycles. The molecule has 0 atom stereocenters. The number of carbonyl (C=O) groups is 3. The summed E-state index contributed by atoms with van der Waals surface area (Å²) < 4.78 is 8.85. The minimum Gasteiger partial charge on any atom is -0.487 e. The van der Waals surface area contributed by atoms with Gasteiger partial charge >= 0.3 is 0 Å². The first-order valence-corrected chi connectivity index (χ1v) is 14.3. The van der Waals surface area contributed by atoms with Crippen LogP contribution in [0.4, 0.5) is 10.5 Å². The summed E-state index contributed by atoms with van der Waals surface area (Å²) in [6, 6.07) is 21.0. The summed E-state index contributed by atoms with van der Waals surface area (Å²) in [7, 11) is 0. The van der Waals surface area contributed by atoms with Crippen molar-refractivity contribution >= 4 is 108 Å². The average Bonchev–Trinajstić information content (AvgIpc) is 3.08. The third-order valence-electron chi connectivity index (χ3n) is 4.85. The lowest BCUT2D eigenvalue weighted by atomic mass is 10.2. The van der Waals surface area contributed by atoms with Gasteiger partial charge in [0.2, 0.25) is 5.91 Å². The summed E-state index contributed by atoms with van der Waals surface area (Å²) in [5, 5.41) is 2.25. The molecule has 0 spiro atoms. The molecule has 10 heteroatoms. The number of nitrogens with one attached hydrogen (secondary N) is 1. The molecule has 1 fully saturated rings. The van der Waals surface area contributed by atoms with Gasteiger partial charge in [-0.2, -0.15) is 0 Å². The molecule has 1 aliphatic rings. The van der Waals surface area contributed by atoms with E-state index in [4.69, 9.17) is 4.74 Å². The van der Waals surface area contributed by atoms with Crippen molar-refractivity contribution in [3.8, 4) is 5.75 Å². The number of nitrogens with zero attached hydrogens (tertiary/aromatic N) is 1. The molecule has 0 aliphatic carbocycles. The Labute approximate surface area is 247 Å². The first-order valence-electron chi connectivity index (χ1n) is 10.3. The maximum Gasteiger partial charge on any atom is 0.294 e. The van der Waals surface area contributed by atoms with Gasteiger partial charge in [0.15, 0.2) is 0 Å². The van der Waals surface area contributed by atoms with Crippen LogP contribution in [-0.4, -0.2) is 28.5 Å². The fraction of sp³-hybridized carbons (Fsp3) is 0.0800. The van der Waals surface area contributed by atoms with Gasteiger partial charge in [0.1, 0.15) is 18.9 Å². The predicted molar refractivity (Wildman–Crippen MR) is 163 cm³/mol. The van der Waals surface area contributed by atoms with Crippen molar-refractivity contribution < 1.29 is 19.1 Å². The Morgan fingerprint density at radius 3 is 2.29 bits per heavy atom. The van der Waals surface area contributed by atoms with E-state index in [1.54, 1.807) is 18.2 Å². The number of imide groups is 1. The van der Waals surface area contributed by atoms with Gasteiger partial charge in [-0.25, -0.2) is 0 Å². The Morgan fingerprint density at radius 2 is 1.63 bits per heavy atom. The van der Waals surface area contributed by atoms with E-state index >= 15 is 0 Å². The van der Waals surface area contributed by atoms with Gasteiger partial charge in [0, 0.05) is 9.26 Å². The van der Waals surface area contributed by atoms with Crippen molar-refractivity contribution in [3.63, 3.8) is 0 Å². The van der Waals surface area contributed by atoms with Crippen LogP contribution in [0.15, 0.2) is 71.6 Å². The number of amides is 3. The van der Waals surface area contributed by atoms with Crippen LogP contribution in [0.3, 0.4) is 0 Å². The molecule has 3 aromatic carbocycles. The number of rotatable bonds is 7. The van der Waals surface area contributed by atoms with E-state index in [0.29, 0.717) is 12.3 Å². The molecular weight excluding hydrogens is 805 g/mol. The summed E-state index contributed by atoms with van der Waals surface area (Å²) in [5.74, 6) is -0.140. The van der Waals surface area contributed by atoms with E-state index < -0.39 is 17.1 Å². The van der Waals surface area contributed by atoms with Crippen molar-refractivity contribution in [2.24, 2.45) is 0 Å². The Balaban J connectivity index is 1.43. The van der Waals surface area contributed by atoms with Crippen molar-refractivity contribution in [3.05, 3.63) is 93.5 Å². The van der Waals surface area contributed by atoms with E-state index in [0.717, 1.165) is 44.2 Å². The molecule has 0 saturated carbocycles. The SMILES string of the molecule is O=C(CN1C(=O)S/C(=C/c2cc(I)c(OCc3ccccc3)c(I)c2)C1=O)Nc1ccc(I)cc1. The number of hydrogen-bond acceptors (Lipinski definition) is 5. The third kappa shape index (κ3) is 6.98. The molecular formula is C25H17I3N2O4S. The molecule has 178 valence electrons. The van der Waals surface area contributed by atoms with Gasteiger partial charge in [-0.1, -0.05) is 30.3 Å². The summed E-state index contributed by atoms with van der Waals surface area (Å²) in [6.07, 6.45) is 1.67. The molecule has 0 radical (unpaired) electrons. The normalized spacial score (nSPS) is 14.5. The first kappa shape index (κ1) is 26.4. The average molecular weight is 822 g/mol. The number of thioether (sulfide) groups is 1. The smallest absolute Gasteiger partial charge is 0.294 e. The molecule has 0 bridgehead atoms. The van der Waals surface area contributed by atoms with Crippen molar-refractivity contribution in [1.82, 2.24) is 4.90 Å². The van der Waals surface area contributed by atoms with Crippen LogP contribution in [0.1, 0.15) is 11.1 Å². The van der Waals surface area contributed by atoms with E-state index in [2.05, 4.69) is 73.1 Å². The quantitative estimate of drug-likeness (QED) is 0.211. The second kappa shape index (κ2) is 12.1. The van der Waals surface area contributed by atoms with Gasteiger partial charge < -0.3 is 10.1 Å². The number of ether oxygens (including phenoxy) is 1. The molecule has 0 unspecified atom stereocenters. The van der Waals surface area contributed by atoms with Gasteiger partial charge in [-0.05, 0) is 133 Å². The zero-order chi connectivity index (χ0) is 24.9. The summed E-state index contributed by atoms with van der Waals surface area (Å²) in [5.41, 5.74) is 2.46. The Bertz CT molecular complexity index is 1290. The van der Waals surface area contributed by atoms with E-state index in [1.165, 1.54) is 0 Å². The molecule has 3 aromatic rings. The Kier molecular flexibility index (Phi) is 9.10. The lowest BCUT2D eigenvalue weighted by molar-refractivity contribution is -0.127. The van der Waals surface area contributed by atoms with Crippen LogP contribution in [0, 0.1) is 10.7 Å². The lowest BCUT2D eigenvalue weighted by Gasteiger charge is -2.13. The maximum atomic E-state index is 12.9. The number of halogens is 3. The van der Waals surface area contributed by atoms with Crippen LogP contribution in [0.25, 0.3) is 6.08 Å². The zero-order valence-corrected chi connectivity index (χ0v) is 25.3. The lowest BCUT2D eigenvalue weighted by Crippen LogP contribution is -2.36. The zero-order valence-electron chi connectivity index (χ0n) is 18.0. The molecule has 4 rings (SSSR count). The third-order valence-corrected chi connectivity index (χ3v) is 8.08. The summed E-state index contributed by atoms with van der Waals surface area (Å²) in [6.45, 7) is 0.116. The van der Waals surface area contributed by atoms with Crippen LogP contribution in [0.2, 0.25) is 0 Å². The Hall–Kier alpha value is -1.65. The highest BCUT2D eigenvalue weighted by molar-refractivity contribution is 14.1. The molecule has 1 saturated heterocycles. The van der Waals surface area contributed by atoms with Crippen LogP contribution >= 0.6 is 79.5 Å². The number of benzene rings is 3. The first-order chi connectivity index (χ1) is 16.8. The van der Waals surface area contributed by atoms with E-state index in [1.807, 2.05) is 54.6 Å². The molecule has 6 nitrogen and oxygen atoms in total. The second-order valence-corrected chi connectivity index (χ2v) is 12.0. The van der Waals surface area contributed by atoms with Crippen molar-refractivity contribution in [2.45, 2.75) is 6.61 Å². The second-order valence-electron chi connectivity index (χ2n) is 7.41. The van der Waals surface area contributed by atoms with Gasteiger partial charge in [0.25, 0.3) is 11.1 Å². The molecule has 1 N–H and O–H groups in total. The highest BCUT2D eigenvalue weighted by Crippen LogP contribution is 2.35. The fourth-order valence-corrected chi connectivity index (χ4v) is 6.52. The summed E-state index contributed by atoms with van der Waals surface area (Å²) >= 11 is 7.41. The number of carbonyl (C=O) groups excluding carboxylic acids is 3. The van der Waals surface area contributed by atoms with E-state index in [-0.39, 0.29) is 11.4 Å². The number of anilines is 1. The van der Waals surface area contributed by atoms with Crippen molar-refractivity contribution in [1.29, 1.82) is 0 Å². The van der Waals surface area contributed by atoms with Gasteiger partial charge in [0.05, 0.1) is 12.0 Å². The van der Waals surface area contributed by atoms with Crippen LogP contribution in [0.5, 0.6) is 5.75 Å². The molecule has 1 heterocycles. The predicted octanol–water partition coefficient (Wildman–Crippen LogP) is 6.75. The topological polar surface area (TPSA) is 75.7 Å². The molecule has 3 amide bonds. The highest BCUT2D eigenvalue weighted by Gasteiger charge is 2.36. The van der Waals surface area contributed by atoms with Crippen molar-refractivity contribution in [2.75, 3.05) is 11.9 Å². The largest absolute Gasteiger partial charge is 0.487 e. The van der Waals surface area contributed by atoms with Gasteiger partial charge in [-0.15, -0.1) is 0 Å². The maximum absolute atomic E-state index is 12.9. The van der Waals surface area contributed by atoms with Crippen LogP contribution in [-0.2, 0) is 16.2 Å². The minimum absolute atomic E-state index is 0.279. The monoisotopic (exact) mass is 822 g/mol. The Morgan fingerprint density at radius 1 is 0.971 bits per heavy atom. The number of hydrogen-bond donors (Lipinski definition) is 1.